The van der Waals surface area contributed by atoms with Gasteiger partial charge >= 0.3 is 0 Å². The third-order valence-electron chi connectivity index (χ3n) is 2.59. The zero-order valence-electron chi connectivity index (χ0n) is 9.85. The summed E-state index contributed by atoms with van der Waals surface area (Å²) < 4.78 is 0. The highest BCUT2D eigenvalue weighted by molar-refractivity contribution is 7.99. The molecule has 3 heteroatoms. The number of pyridine rings is 1. The molecule has 0 N–H and O–H groups in total. The number of rotatable bonds is 5. The Bertz CT molecular complexity index is 519. The lowest BCUT2D eigenvalue weighted by Gasteiger charge is -2.04. The van der Waals surface area contributed by atoms with Crippen molar-refractivity contribution in [1.29, 1.82) is 0 Å². The van der Waals surface area contributed by atoms with E-state index >= 15 is 0 Å². The lowest BCUT2D eigenvalue weighted by Crippen LogP contribution is -2.06. The molecule has 0 atom stereocenters. The molecule has 0 unspecified atom stereocenters. The van der Waals surface area contributed by atoms with Crippen molar-refractivity contribution in [2.75, 3.05) is 11.5 Å². The number of aromatic nitrogens is 1. The van der Waals surface area contributed by atoms with E-state index in [2.05, 4.69) is 11.9 Å². The minimum absolute atomic E-state index is 0.285. The molecule has 88 valence electrons. The summed E-state index contributed by atoms with van der Waals surface area (Å²) in [5, 5.41) is 1.09. The summed E-state index contributed by atoms with van der Waals surface area (Å²) in [5.74, 6) is 1.88. The number of benzene rings is 1. The molecule has 0 spiro atoms. The van der Waals surface area contributed by atoms with Crippen molar-refractivity contribution < 1.29 is 4.79 Å². The minimum atomic E-state index is 0.285. The van der Waals surface area contributed by atoms with E-state index < -0.39 is 0 Å². The molecule has 0 fully saturated rings. The van der Waals surface area contributed by atoms with Crippen molar-refractivity contribution in [3.8, 4) is 0 Å². The first-order valence-electron chi connectivity index (χ1n) is 5.73. The summed E-state index contributed by atoms with van der Waals surface area (Å²) >= 11 is 1.68. The van der Waals surface area contributed by atoms with Crippen molar-refractivity contribution in [3.63, 3.8) is 0 Å². The van der Waals surface area contributed by atoms with Gasteiger partial charge in [-0.2, -0.15) is 11.8 Å². The number of ketones is 1. The summed E-state index contributed by atoms with van der Waals surface area (Å²) in [4.78, 5) is 16.1. The molecule has 0 amide bonds. The minimum Gasteiger partial charge on any atom is -0.298 e. The first kappa shape index (κ1) is 12.1. The molecule has 1 aromatic heterocycles. The van der Waals surface area contributed by atoms with E-state index in [4.69, 9.17) is 0 Å². The fourth-order valence-corrected chi connectivity index (χ4v) is 2.32. The van der Waals surface area contributed by atoms with Crippen LogP contribution in [0.25, 0.3) is 10.9 Å². The molecule has 0 aliphatic heterocycles. The topological polar surface area (TPSA) is 30.0 Å². The maximum atomic E-state index is 11.8. The van der Waals surface area contributed by atoms with E-state index in [1.165, 1.54) is 0 Å². The van der Waals surface area contributed by atoms with Gasteiger partial charge < -0.3 is 0 Å². The number of para-hydroxylation sites is 1. The van der Waals surface area contributed by atoms with Gasteiger partial charge in [0.05, 0.1) is 11.3 Å². The van der Waals surface area contributed by atoms with Crippen molar-refractivity contribution in [2.45, 2.75) is 13.3 Å². The number of carbonyl (C=O) groups excluding carboxylic acids is 1. The predicted octanol–water partition coefficient (Wildman–Crippen LogP) is 3.10. The molecule has 0 aliphatic rings. The highest BCUT2D eigenvalue weighted by Gasteiger charge is 2.07. The maximum absolute atomic E-state index is 11.8. The molecule has 1 heterocycles. The van der Waals surface area contributed by atoms with Gasteiger partial charge in [-0.15, -0.1) is 0 Å². The van der Waals surface area contributed by atoms with Gasteiger partial charge in [0.1, 0.15) is 5.78 Å². The van der Waals surface area contributed by atoms with E-state index in [1.54, 1.807) is 18.0 Å². The van der Waals surface area contributed by atoms with Crippen molar-refractivity contribution in [2.24, 2.45) is 0 Å². The number of thioether (sulfide) groups is 1. The van der Waals surface area contributed by atoms with Gasteiger partial charge in [-0.05, 0) is 23.4 Å². The van der Waals surface area contributed by atoms with Gasteiger partial charge in [0.25, 0.3) is 0 Å². The van der Waals surface area contributed by atoms with Crippen LogP contribution in [0.1, 0.15) is 12.5 Å². The average molecular weight is 245 g/mol. The Labute approximate surface area is 105 Å². The normalized spacial score (nSPS) is 10.6. The van der Waals surface area contributed by atoms with Crippen molar-refractivity contribution in [1.82, 2.24) is 4.98 Å². The first-order chi connectivity index (χ1) is 8.31. The van der Waals surface area contributed by atoms with Gasteiger partial charge in [-0.25, -0.2) is 0 Å². The van der Waals surface area contributed by atoms with Gasteiger partial charge in [0, 0.05) is 18.0 Å². The van der Waals surface area contributed by atoms with Crippen LogP contribution in [0.4, 0.5) is 0 Å². The second kappa shape index (κ2) is 5.82. The Balaban J connectivity index is 2.21. The molecule has 0 radical (unpaired) electrons. The summed E-state index contributed by atoms with van der Waals surface area (Å²) in [7, 11) is 0. The van der Waals surface area contributed by atoms with E-state index in [1.807, 2.05) is 30.3 Å². The monoisotopic (exact) mass is 245 g/mol. The number of hydrogen-bond donors (Lipinski definition) is 0. The van der Waals surface area contributed by atoms with Crippen molar-refractivity contribution >= 4 is 28.4 Å². The van der Waals surface area contributed by atoms with Crippen LogP contribution < -0.4 is 0 Å². The van der Waals surface area contributed by atoms with E-state index in [0.717, 1.165) is 22.2 Å². The van der Waals surface area contributed by atoms with Crippen LogP contribution in [0.2, 0.25) is 0 Å². The van der Waals surface area contributed by atoms with Gasteiger partial charge in [0.15, 0.2) is 0 Å². The largest absolute Gasteiger partial charge is 0.298 e. The standard InChI is InChI=1S/C14H15NOS/c1-2-17-10-12(16)9-11-7-8-15-14-6-4-3-5-13(11)14/h3-8H,2,9-10H2,1H3. The van der Waals surface area contributed by atoms with E-state index in [0.29, 0.717) is 12.2 Å². The molecule has 0 bridgehead atoms. The number of fused-ring (bicyclic) bond motifs is 1. The zero-order valence-corrected chi connectivity index (χ0v) is 10.7. The SMILES string of the molecule is CCSCC(=O)Cc1ccnc2ccccc12. The summed E-state index contributed by atoms with van der Waals surface area (Å²) in [5.41, 5.74) is 2.04. The molecule has 2 rings (SSSR count). The maximum Gasteiger partial charge on any atom is 0.147 e. The molecular weight excluding hydrogens is 230 g/mol. The van der Waals surface area contributed by atoms with Crippen LogP contribution in [0, 0.1) is 0 Å². The molecule has 0 aliphatic carbocycles. The molecule has 2 nitrogen and oxygen atoms in total. The van der Waals surface area contributed by atoms with Gasteiger partial charge in [0.2, 0.25) is 0 Å². The lowest BCUT2D eigenvalue weighted by molar-refractivity contribution is -0.115. The van der Waals surface area contributed by atoms with Crippen LogP contribution in [-0.2, 0) is 11.2 Å². The number of carbonyl (C=O) groups is 1. The van der Waals surface area contributed by atoms with Crippen molar-refractivity contribution in [3.05, 3.63) is 42.1 Å². The first-order valence-corrected chi connectivity index (χ1v) is 6.89. The second-order valence-corrected chi connectivity index (χ2v) is 5.11. The number of nitrogens with zero attached hydrogens (tertiary/aromatic N) is 1. The second-order valence-electron chi connectivity index (χ2n) is 3.84. The quantitative estimate of drug-likeness (QED) is 0.810. The Hall–Kier alpha value is -1.35. The molecule has 2 aromatic rings. The lowest BCUT2D eigenvalue weighted by atomic mass is 10.0. The number of hydrogen-bond acceptors (Lipinski definition) is 3. The molecule has 17 heavy (non-hydrogen) atoms. The van der Waals surface area contributed by atoms with E-state index in [9.17, 15) is 4.79 Å². The highest BCUT2D eigenvalue weighted by atomic mass is 32.2. The Morgan fingerprint density at radius 1 is 1.29 bits per heavy atom. The van der Waals surface area contributed by atoms with Gasteiger partial charge in [-0.1, -0.05) is 25.1 Å². The smallest absolute Gasteiger partial charge is 0.147 e. The molecule has 0 saturated heterocycles. The highest BCUT2D eigenvalue weighted by Crippen LogP contribution is 2.17. The summed E-state index contributed by atoms with van der Waals surface area (Å²) in [6.45, 7) is 2.07. The molecule has 1 aromatic carbocycles. The zero-order chi connectivity index (χ0) is 12.1. The molecule has 0 saturated carbocycles. The number of Topliss-reactive ketones (excluding diaryl/α,β-unsaturated/α-hetero) is 1. The van der Waals surface area contributed by atoms with Crippen LogP contribution in [0.3, 0.4) is 0 Å². The van der Waals surface area contributed by atoms with Crippen LogP contribution in [0.15, 0.2) is 36.5 Å². The third-order valence-corrected chi connectivity index (χ3v) is 3.53. The van der Waals surface area contributed by atoms with E-state index in [-0.39, 0.29) is 5.78 Å². The predicted molar refractivity (Wildman–Crippen MR) is 73.5 cm³/mol. The Morgan fingerprint density at radius 3 is 2.94 bits per heavy atom. The summed E-state index contributed by atoms with van der Waals surface area (Å²) in [6.07, 6.45) is 2.29. The summed E-state index contributed by atoms with van der Waals surface area (Å²) in [6, 6.07) is 9.89. The van der Waals surface area contributed by atoms with Crippen LogP contribution in [-0.4, -0.2) is 22.3 Å². The van der Waals surface area contributed by atoms with Gasteiger partial charge in [-0.3, -0.25) is 9.78 Å². The Kier molecular flexibility index (Phi) is 4.15. The average Bonchev–Trinajstić information content (AvgIpc) is 2.37. The fraction of sp³-hybridized carbons (Fsp3) is 0.286. The van der Waals surface area contributed by atoms with Crippen LogP contribution >= 0.6 is 11.8 Å². The van der Waals surface area contributed by atoms with Crippen LogP contribution in [0.5, 0.6) is 0 Å². The third kappa shape index (κ3) is 3.07. The fourth-order valence-electron chi connectivity index (χ4n) is 1.79. The Morgan fingerprint density at radius 2 is 2.12 bits per heavy atom. The molecular formula is C14H15NOS.